The molecular formula is C12H16N4S. The lowest BCUT2D eigenvalue weighted by Gasteiger charge is -2.22. The van der Waals surface area contributed by atoms with Crippen LogP contribution in [0.1, 0.15) is 11.4 Å². The van der Waals surface area contributed by atoms with Crippen molar-refractivity contribution in [3.63, 3.8) is 0 Å². The minimum atomic E-state index is 0.530. The van der Waals surface area contributed by atoms with Crippen LogP contribution in [-0.4, -0.2) is 38.7 Å². The highest BCUT2D eigenvalue weighted by Crippen LogP contribution is 2.13. The first-order valence-corrected chi connectivity index (χ1v) is 7.10. The highest BCUT2D eigenvalue weighted by Gasteiger charge is 2.16. The summed E-state index contributed by atoms with van der Waals surface area (Å²) in [5.74, 6) is 3.44. The van der Waals surface area contributed by atoms with Gasteiger partial charge in [-0.05, 0) is 24.6 Å². The standard InChI is InChI=1S/C12H16N4S/c1-9-2-4-16-11(6-9)14-15-12(16)7-10-8-17-5-3-13-10/h2,4,6,10,13H,3,5,7-8H2,1H3. The van der Waals surface area contributed by atoms with Gasteiger partial charge in [-0.25, -0.2) is 0 Å². The second-order valence-electron chi connectivity index (χ2n) is 4.48. The van der Waals surface area contributed by atoms with Gasteiger partial charge in [0.05, 0.1) is 0 Å². The Labute approximate surface area is 105 Å². The Morgan fingerprint density at radius 2 is 2.47 bits per heavy atom. The Hall–Kier alpha value is -1.07. The second-order valence-corrected chi connectivity index (χ2v) is 5.63. The van der Waals surface area contributed by atoms with Crippen LogP contribution in [0.25, 0.3) is 5.65 Å². The molecule has 2 aromatic rings. The van der Waals surface area contributed by atoms with Gasteiger partial charge in [-0.3, -0.25) is 4.40 Å². The first kappa shape index (κ1) is 11.0. The third-order valence-corrected chi connectivity index (χ3v) is 4.19. The average molecular weight is 248 g/mol. The molecule has 5 heteroatoms. The fraction of sp³-hybridized carbons (Fsp3) is 0.500. The van der Waals surface area contributed by atoms with Gasteiger partial charge in [0.15, 0.2) is 5.65 Å². The van der Waals surface area contributed by atoms with E-state index in [1.54, 1.807) is 0 Å². The maximum atomic E-state index is 4.29. The van der Waals surface area contributed by atoms with Crippen LogP contribution in [-0.2, 0) is 6.42 Å². The smallest absolute Gasteiger partial charge is 0.161 e. The molecule has 0 amide bonds. The van der Waals surface area contributed by atoms with E-state index in [0.717, 1.165) is 24.4 Å². The van der Waals surface area contributed by atoms with Gasteiger partial charge in [0, 0.05) is 36.7 Å². The minimum Gasteiger partial charge on any atom is -0.312 e. The molecule has 1 aliphatic rings. The molecule has 17 heavy (non-hydrogen) atoms. The number of thioether (sulfide) groups is 1. The van der Waals surface area contributed by atoms with Gasteiger partial charge < -0.3 is 5.32 Å². The molecule has 1 fully saturated rings. The minimum absolute atomic E-state index is 0.530. The predicted molar refractivity (Wildman–Crippen MR) is 70.5 cm³/mol. The second kappa shape index (κ2) is 4.66. The monoisotopic (exact) mass is 248 g/mol. The number of nitrogens with zero attached hydrogens (tertiary/aromatic N) is 3. The van der Waals surface area contributed by atoms with Gasteiger partial charge in [0.1, 0.15) is 5.82 Å². The zero-order valence-electron chi connectivity index (χ0n) is 9.89. The summed E-state index contributed by atoms with van der Waals surface area (Å²) < 4.78 is 2.09. The van der Waals surface area contributed by atoms with E-state index in [1.165, 1.54) is 17.1 Å². The summed E-state index contributed by atoms with van der Waals surface area (Å²) in [7, 11) is 0. The SMILES string of the molecule is Cc1ccn2c(CC3CSCCN3)nnc2c1. The number of fused-ring (bicyclic) bond motifs is 1. The van der Waals surface area contributed by atoms with Crippen molar-refractivity contribution in [2.45, 2.75) is 19.4 Å². The Balaban J connectivity index is 1.84. The Kier molecular flexibility index (Phi) is 3.03. The van der Waals surface area contributed by atoms with E-state index in [2.05, 4.69) is 45.2 Å². The van der Waals surface area contributed by atoms with Crippen LogP contribution in [0.15, 0.2) is 18.3 Å². The molecule has 0 aromatic carbocycles. The number of aryl methyl sites for hydroxylation is 1. The average Bonchev–Trinajstić information content (AvgIpc) is 2.73. The zero-order chi connectivity index (χ0) is 11.7. The van der Waals surface area contributed by atoms with Crippen molar-refractivity contribution in [2.75, 3.05) is 18.1 Å². The van der Waals surface area contributed by atoms with Crippen LogP contribution in [0.3, 0.4) is 0 Å². The van der Waals surface area contributed by atoms with Crippen molar-refractivity contribution in [1.82, 2.24) is 19.9 Å². The summed E-state index contributed by atoms with van der Waals surface area (Å²) in [6.45, 7) is 3.18. The molecule has 0 spiro atoms. The number of aromatic nitrogens is 3. The number of hydrogen-bond donors (Lipinski definition) is 1. The van der Waals surface area contributed by atoms with Gasteiger partial charge in [-0.15, -0.1) is 10.2 Å². The van der Waals surface area contributed by atoms with Crippen molar-refractivity contribution < 1.29 is 0 Å². The molecular weight excluding hydrogens is 232 g/mol. The molecule has 0 aliphatic carbocycles. The van der Waals surface area contributed by atoms with Gasteiger partial charge in [0.25, 0.3) is 0 Å². The van der Waals surface area contributed by atoms with Crippen molar-refractivity contribution in [3.8, 4) is 0 Å². The molecule has 3 rings (SSSR count). The third kappa shape index (κ3) is 2.30. The van der Waals surface area contributed by atoms with E-state index in [-0.39, 0.29) is 0 Å². The molecule has 1 N–H and O–H groups in total. The summed E-state index contributed by atoms with van der Waals surface area (Å²) in [4.78, 5) is 0. The first-order valence-electron chi connectivity index (χ1n) is 5.94. The van der Waals surface area contributed by atoms with Crippen LogP contribution in [0, 0.1) is 6.92 Å². The highest BCUT2D eigenvalue weighted by molar-refractivity contribution is 7.99. The lowest BCUT2D eigenvalue weighted by atomic mass is 10.2. The van der Waals surface area contributed by atoms with Crippen molar-refractivity contribution in [1.29, 1.82) is 0 Å². The fourth-order valence-electron chi connectivity index (χ4n) is 2.15. The molecule has 4 nitrogen and oxygen atoms in total. The molecule has 0 saturated carbocycles. The van der Waals surface area contributed by atoms with Crippen LogP contribution < -0.4 is 5.32 Å². The van der Waals surface area contributed by atoms with Crippen molar-refractivity contribution in [2.24, 2.45) is 0 Å². The van der Waals surface area contributed by atoms with Gasteiger partial charge in [0.2, 0.25) is 0 Å². The lowest BCUT2D eigenvalue weighted by Crippen LogP contribution is -2.39. The van der Waals surface area contributed by atoms with Crippen molar-refractivity contribution in [3.05, 3.63) is 29.7 Å². The maximum Gasteiger partial charge on any atom is 0.161 e. The number of hydrogen-bond acceptors (Lipinski definition) is 4. The van der Waals surface area contributed by atoms with E-state index in [9.17, 15) is 0 Å². The van der Waals surface area contributed by atoms with E-state index in [0.29, 0.717) is 6.04 Å². The molecule has 90 valence electrons. The largest absolute Gasteiger partial charge is 0.312 e. The first-order chi connectivity index (χ1) is 8.33. The molecule has 3 heterocycles. The van der Waals surface area contributed by atoms with E-state index in [4.69, 9.17) is 0 Å². The van der Waals surface area contributed by atoms with Gasteiger partial charge in [-0.1, -0.05) is 0 Å². The zero-order valence-corrected chi connectivity index (χ0v) is 10.7. The van der Waals surface area contributed by atoms with E-state index < -0.39 is 0 Å². The molecule has 1 unspecified atom stereocenters. The molecule has 1 saturated heterocycles. The Morgan fingerprint density at radius 3 is 3.29 bits per heavy atom. The highest BCUT2D eigenvalue weighted by atomic mass is 32.2. The summed E-state index contributed by atoms with van der Waals surface area (Å²) in [6.07, 6.45) is 3.02. The van der Waals surface area contributed by atoms with Gasteiger partial charge in [-0.2, -0.15) is 11.8 Å². The molecule has 0 bridgehead atoms. The van der Waals surface area contributed by atoms with Crippen LogP contribution >= 0.6 is 11.8 Å². The number of pyridine rings is 1. The summed E-state index contributed by atoms with van der Waals surface area (Å²) >= 11 is 2.01. The van der Waals surface area contributed by atoms with E-state index in [1.807, 2.05) is 11.8 Å². The summed E-state index contributed by atoms with van der Waals surface area (Å²) in [6, 6.07) is 4.70. The fourth-order valence-corrected chi connectivity index (χ4v) is 3.10. The van der Waals surface area contributed by atoms with Crippen LogP contribution in [0.5, 0.6) is 0 Å². The number of rotatable bonds is 2. The molecule has 0 radical (unpaired) electrons. The van der Waals surface area contributed by atoms with Crippen LogP contribution in [0.2, 0.25) is 0 Å². The Bertz CT molecular complexity index is 516. The summed E-state index contributed by atoms with van der Waals surface area (Å²) in [5, 5.41) is 12.0. The summed E-state index contributed by atoms with van der Waals surface area (Å²) in [5.41, 5.74) is 2.17. The van der Waals surface area contributed by atoms with Crippen molar-refractivity contribution >= 4 is 17.4 Å². The lowest BCUT2D eigenvalue weighted by molar-refractivity contribution is 0.548. The predicted octanol–water partition coefficient (Wildman–Crippen LogP) is 1.29. The van der Waals surface area contributed by atoms with Gasteiger partial charge >= 0.3 is 0 Å². The maximum absolute atomic E-state index is 4.29. The normalized spacial score (nSPS) is 20.9. The van der Waals surface area contributed by atoms with Crippen LogP contribution in [0.4, 0.5) is 0 Å². The molecule has 2 aromatic heterocycles. The molecule has 1 aliphatic heterocycles. The van der Waals surface area contributed by atoms with E-state index >= 15 is 0 Å². The Morgan fingerprint density at radius 1 is 1.53 bits per heavy atom. The quantitative estimate of drug-likeness (QED) is 0.869. The number of nitrogens with one attached hydrogen (secondary N) is 1. The topological polar surface area (TPSA) is 42.2 Å². The third-order valence-electron chi connectivity index (χ3n) is 3.06. The molecule has 1 atom stereocenters.